The van der Waals surface area contributed by atoms with Crippen molar-refractivity contribution in [2.45, 2.75) is 39.7 Å². The van der Waals surface area contributed by atoms with Gasteiger partial charge in [-0.1, -0.05) is 19.4 Å². The Balaban J connectivity index is 2.27. The normalized spacial score (nSPS) is 11.3. The van der Waals surface area contributed by atoms with Crippen molar-refractivity contribution >= 4 is 11.0 Å². The van der Waals surface area contributed by atoms with Crippen LogP contribution in [0.2, 0.25) is 0 Å². The maximum absolute atomic E-state index is 5.44. The zero-order valence-corrected chi connectivity index (χ0v) is 11.6. The van der Waals surface area contributed by atoms with Crippen LogP contribution in [0.5, 0.6) is 0 Å². The van der Waals surface area contributed by atoms with Gasteiger partial charge in [0.15, 0.2) is 0 Å². The minimum Gasteiger partial charge on any atom is -0.374 e. The molecule has 0 aliphatic heterocycles. The molecule has 2 aromatic rings. The van der Waals surface area contributed by atoms with Gasteiger partial charge in [-0.3, -0.25) is 0 Å². The molecule has 0 radical (unpaired) electrons. The molecule has 3 heteroatoms. The second-order valence-electron chi connectivity index (χ2n) is 4.65. The molecule has 1 aromatic carbocycles. The Bertz CT molecular complexity index is 516. The largest absolute Gasteiger partial charge is 0.374 e. The van der Waals surface area contributed by atoms with Gasteiger partial charge >= 0.3 is 0 Å². The van der Waals surface area contributed by atoms with Crippen LogP contribution in [0.15, 0.2) is 18.2 Å². The fourth-order valence-electron chi connectivity index (χ4n) is 2.15. The van der Waals surface area contributed by atoms with Crippen molar-refractivity contribution < 1.29 is 4.74 Å². The minimum atomic E-state index is 0.589. The molecular formula is C15H22N2O. The van der Waals surface area contributed by atoms with Gasteiger partial charge in [-0.2, -0.15) is 0 Å². The quantitative estimate of drug-likeness (QED) is 0.780. The van der Waals surface area contributed by atoms with Gasteiger partial charge in [-0.25, -0.2) is 4.98 Å². The molecule has 0 saturated heterocycles. The Morgan fingerprint density at radius 3 is 2.83 bits per heavy atom. The molecule has 0 atom stereocenters. The highest BCUT2D eigenvalue weighted by atomic mass is 16.5. The van der Waals surface area contributed by atoms with E-state index in [0.29, 0.717) is 6.61 Å². The van der Waals surface area contributed by atoms with Crippen molar-refractivity contribution in [3.63, 3.8) is 0 Å². The van der Waals surface area contributed by atoms with Crippen LogP contribution in [-0.2, 0) is 24.8 Å². The van der Waals surface area contributed by atoms with E-state index in [2.05, 4.69) is 41.7 Å². The zero-order valence-electron chi connectivity index (χ0n) is 11.6. The second kappa shape index (κ2) is 6.01. The van der Waals surface area contributed by atoms with Crippen LogP contribution in [0, 0.1) is 0 Å². The lowest BCUT2D eigenvalue weighted by molar-refractivity contribution is 0.126. The summed E-state index contributed by atoms with van der Waals surface area (Å²) in [4.78, 5) is 4.66. The van der Waals surface area contributed by atoms with Crippen LogP contribution in [-0.4, -0.2) is 16.2 Å². The average molecular weight is 246 g/mol. The molecule has 2 rings (SSSR count). The predicted molar refractivity (Wildman–Crippen MR) is 74.7 cm³/mol. The highest BCUT2D eigenvalue weighted by Gasteiger charge is 2.08. The van der Waals surface area contributed by atoms with Gasteiger partial charge in [0.25, 0.3) is 0 Å². The number of imidazole rings is 1. The summed E-state index contributed by atoms with van der Waals surface area (Å²) in [5, 5.41) is 0. The van der Waals surface area contributed by atoms with E-state index in [4.69, 9.17) is 4.74 Å². The Kier molecular flexibility index (Phi) is 4.37. The number of benzene rings is 1. The number of hydrogen-bond acceptors (Lipinski definition) is 2. The molecule has 0 aliphatic rings. The van der Waals surface area contributed by atoms with Crippen LogP contribution in [0.25, 0.3) is 11.0 Å². The first-order chi connectivity index (χ1) is 8.76. The van der Waals surface area contributed by atoms with E-state index in [0.717, 1.165) is 24.4 Å². The van der Waals surface area contributed by atoms with Gasteiger partial charge in [-0.15, -0.1) is 0 Å². The van der Waals surface area contributed by atoms with Crippen molar-refractivity contribution in [3.8, 4) is 0 Å². The van der Waals surface area contributed by atoms with Crippen molar-refractivity contribution in [3.05, 3.63) is 29.6 Å². The molecule has 0 bridgehead atoms. The van der Waals surface area contributed by atoms with Gasteiger partial charge in [0.2, 0.25) is 0 Å². The van der Waals surface area contributed by atoms with E-state index in [1.807, 2.05) is 6.92 Å². The van der Waals surface area contributed by atoms with Crippen LogP contribution in [0.3, 0.4) is 0 Å². The maximum Gasteiger partial charge on any atom is 0.135 e. The van der Waals surface area contributed by atoms with Crippen molar-refractivity contribution in [2.75, 3.05) is 6.61 Å². The number of aromatic nitrogens is 2. The first-order valence-corrected chi connectivity index (χ1v) is 6.78. The molecule has 0 saturated carbocycles. The highest BCUT2D eigenvalue weighted by Crippen LogP contribution is 2.18. The van der Waals surface area contributed by atoms with E-state index in [1.54, 1.807) is 0 Å². The van der Waals surface area contributed by atoms with Crippen LogP contribution in [0.4, 0.5) is 0 Å². The van der Waals surface area contributed by atoms with Crippen LogP contribution < -0.4 is 0 Å². The summed E-state index contributed by atoms with van der Waals surface area (Å²) in [5.74, 6) is 1.000. The van der Waals surface area contributed by atoms with Gasteiger partial charge < -0.3 is 9.30 Å². The Morgan fingerprint density at radius 1 is 1.28 bits per heavy atom. The molecule has 0 aliphatic carbocycles. The molecule has 3 nitrogen and oxygen atoms in total. The number of rotatable bonds is 6. The number of aryl methyl sites for hydroxylation is 2. The molecule has 0 amide bonds. The van der Waals surface area contributed by atoms with E-state index in [1.165, 1.54) is 23.9 Å². The number of fused-ring (bicyclic) bond motifs is 1. The highest BCUT2D eigenvalue weighted by molar-refractivity contribution is 5.76. The third-order valence-electron chi connectivity index (χ3n) is 3.29. The lowest BCUT2D eigenvalue weighted by atomic mass is 10.1. The van der Waals surface area contributed by atoms with Crippen LogP contribution in [0.1, 0.15) is 38.1 Å². The number of nitrogens with zero attached hydrogens (tertiary/aromatic N) is 2. The first kappa shape index (κ1) is 13.1. The predicted octanol–water partition coefficient (Wildman–Crippen LogP) is 3.45. The molecule has 1 aromatic heterocycles. The van der Waals surface area contributed by atoms with Crippen molar-refractivity contribution in [1.29, 1.82) is 0 Å². The fraction of sp³-hybridized carbons (Fsp3) is 0.533. The third-order valence-corrected chi connectivity index (χ3v) is 3.29. The smallest absolute Gasteiger partial charge is 0.135 e. The number of unbranched alkanes of at least 4 members (excludes halogenated alkanes) is 1. The van der Waals surface area contributed by atoms with Crippen LogP contribution >= 0.6 is 0 Å². The topological polar surface area (TPSA) is 27.1 Å². The molecule has 18 heavy (non-hydrogen) atoms. The van der Waals surface area contributed by atoms with Crippen molar-refractivity contribution in [2.24, 2.45) is 7.05 Å². The lowest BCUT2D eigenvalue weighted by Crippen LogP contribution is -2.00. The summed E-state index contributed by atoms with van der Waals surface area (Å²) in [6, 6.07) is 6.59. The molecule has 98 valence electrons. The molecule has 0 unspecified atom stereocenters. The summed E-state index contributed by atoms with van der Waals surface area (Å²) in [6.45, 7) is 5.54. The maximum atomic E-state index is 5.44. The Hall–Kier alpha value is -1.35. The monoisotopic (exact) mass is 246 g/mol. The lowest BCUT2D eigenvalue weighted by Gasteiger charge is -2.02. The summed E-state index contributed by atoms with van der Waals surface area (Å²) < 4.78 is 7.56. The Morgan fingerprint density at radius 2 is 2.11 bits per heavy atom. The van der Waals surface area contributed by atoms with E-state index < -0.39 is 0 Å². The SMILES string of the molecule is CCCCc1ccc2c(c1)nc(COCC)n2C. The van der Waals surface area contributed by atoms with Crippen molar-refractivity contribution in [1.82, 2.24) is 9.55 Å². The molecular weight excluding hydrogens is 224 g/mol. The van der Waals surface area contributed by atoms with Gasteiger partial charge in [0.1, 0.15) is 12.4 Å². The fourth-order valence-corrected chi connectivity index (χ4v) is 2.15. The van der Waals surface area contributed by atoms with Gasteiger partial charge in [-0.05, 0) is 37.5 Å². The zero-order chi connectivity index (χ0) is 13.0. The van der Waals surface area contributed by atoms with E-state index in [9.17, 15) is 0 Å². The van der Waals surface area contributed by atoms with E-state index in [-0.39, 0.29) is 0 Å². The second-order valence-corrected chi connectivity index (χ2v) is 4.65. The average Bonchev–Trinajstić information content (AvgIpc) is 2.70. The summed E-state index contributed by atoms with van der Waals surface area (Å²) in [6.07, 6.45) is 3.61. The van der Waals surface area contributed by atoms with Gasteiger partial charge in [0, 0.05) is 13.7 Å². The number of hydrogen-bond donors (Lipinski definition) is 0. The first-order valence-electron chi connectivity index (χ1n) is 6.78. The minimum absolute atomic E-state index is 0.589. The summed E-state index contributed by atoms with van der Waals surface area (Å²) in [5.41, 5.74) is 3.65. The molecule has 1 heterocycles. The summed E-state index contributed by atoms with van der Waals surface area (Å²) >= 11 is 0. The molecule has 0 fully saturated rings. The van der Waals surface area contributed by atoms with Gasteiger partial charge in [0.05, 0.1) is 11.0 Å². The number of ether oxygens (including phenoxy) is 1. The Labute approximate surface area is 109 Å². The molecule has 0 spiro atoms. The third kappa shape index (κ3) is 2.72. The summed E-state index contributed by atoms with van der Waals surface area (Å²) in [7, 11) is 2.05. The standard InChI is InChI=1S/C15H22N2O/c1-4-6-7-12-8-9-14-13(10-12)16-15(17(14)3)11-18-5-2/h8-10H,4-7,11H2,1-3H3. The van der Waals surface area contributed by atoms with E-state index >= 15 is 0 Å². The molecule has 0 N–H and O–H groups in total.